The minimum atomic E-state index is -1.01. The van der Waals surface area contributed by atoms with E-state index in [2.05, 4.69) is 64.8 Å². The van der Waals surface area contributed by atoms with E-state index in [-0.39, 0.29) is 80.2 Å². The first-order valence-corrected chi connectivity index (χ1v) is 21.2. The van der Waals surface area contributed by atoms with Gasteiger partial charge in [-0.15, -0.1) is 0 Å². The maximum Gasteiger partial charge on any atom is 0.521 e. The minimum Gasteiger partial charge on any atom is -0.480 e. The Morgan fingerprint density at radius 1 is 0.696 bits per heavy atom. The molecule has 2 aliphatic heterocycles. The highest BCUT2D eigenvalue weighted by molar-refractivity contribution is 6.47. The summed E-state index contributed by atoms with van der Waals surface area (Å²) in [4.78, 5) is 46.1. The molecule has 2 amide bonds. The molecule has 14 heteroatoms. The molecule has 14 atom stereocenters. The summed E-state index contributed by atoms with van der Waals surface area (Å²) >= 11 is 0. The Labute approximate surface area is 339 Å². The summed E-state index contributed by atoms with van der Waals surface area (Å²) in [6.07, 6.45) is 7.06. The van der Waals surface area contributed by atoms with Gasteiger partial charge in [0, 0.05) is 18.3 Å². The minimum absolute atomic E-state index is 0. The lowest BCUT2D eigenvalue weighted by Crippen LogP contribution is -2.68. The van der Waals surface area contributed by atoms with Crippen LogP contribution in [0.5, 0.6) is 0 Å². The topological polar surface area (TPSA) is 177 Å². The van der Waals surface area contributed by atoms with Gasteiger partial charge >= 0.3 is 20.2 Å². The van der Waals surface area contributed by atoms with E-state index in [9.17, 15) is 19.2 Å². The highest BCUT2D eigenvalue weighted by Crippen LogP contribution is 2.67. The Morgan fingerprint density at radius 3 is 1.46 bits per heavy atom. The van der Waals surface area contributed by atoms with E-state index in [1.165, 1.54) is 26.2 Å². The standard InChI is InChI=1S/C21H36BNO4.C12H22BNO2.C8H15NO3.CH3/c1-8-12(2)19(25)23-14(4)16(24)9-13(3)22-26-18-11-15-10-17(20(15,5)6)21(18,7)27-22;1-7(14)13-15-10-6-8-5-9(11(8,2)3)12(10,4)16-13;1-4-5(2)7(10)9-6(3)8(11)12;/h12-15,17-18H,8-11H2,1-7H3,(H,23,25);7-10H,5-6,14H2,1-4H3;5-6H,4H2,1-3H3,(H,9,10)(H,11,12);1H3/q;;;-1/p+1/t12?,13-,14?,15+,17+,18-,21+;7-,8-,9-,10+,12-;;/m10../s1. The lowest BCUT2D eigenvalue weighted by atomic mass is 9.43. The third-order valence-electron chi connectivity index (χ3n) is 15.1. The molecule has 2 heterocycles. The van der Waals surface area contributed by atoms with Gasteiger partial charge in [-0.25, -0.2) is 0 Å². The van der Waals surface area contributed by atoms with Crippen LogP contribution in [-0.4, -0.2) is 84.3 Å². The predicted molar refractivity (Wildman–Crippen MR) is 220 cm³/mol. The quantitative estimate of drug-likeness (QED) is 0.145. The molecule has 0 aromatic carbocycles. The number of aliphatic carboxylic acids is 1. The van der Waals surface area contributed by atoms with Crippen LogP contribution in [0.15, 0.2) is 0 Å². The number of hydrogen-bond acceptors (Lipinski definition) is 8. The van der Waals surface area contributed by atoms with Gasteiger partial charge in [0.25, 0.3) is 0 Å². The fourth-order valence-corrected chi connectivity index (χ4v) is 10.1. The van der Waals surface area contributed by atoms with Crippen molar-refractivity contribution >= 4 is 37.8 Å². The van der Waals surface area contributed by atoms with E-state index in [4.69, 9.17) is 23.7 Å². The van der Waals surface area contributed by atoms with Gasteiger partial charge in [-0.1, -0.05) is 62.3 Å². The van der Waals surface area contributed by atoms with Gasteiger partial charge in [-0.2, -0.15) is 0 Å². The first kappa shape index (κ1) is 48.4. The number of rotatable bonds is 12. The monoisotopic (exact) mass is 790 g/mol. The third-order valence-corrected chi connectivity index (χ3v) is 15.1. The maximum absolute atomic E-state index is 12.6. The molecule has 4 bridgehead atoms. The SMILES string of the molecule is CCC(C)C(=O)NC(C)C(=O)C[C@@H](C)B1O[C@@H]2C[C@@H]3C[C@@H](C3(C)C)[C@]2(C)O1.CCC(C)C(=O)NC(C)C(=O)O.C[C@H]([NH3+])B1O[C@@H]2C[C@@H]3C[C@@H](C3(C)C)[C@]2(C)O1.[CH3-]. The van der Waals surface area contributed by atoms with Crippen molar-refractivity contribution in [3.63, 3.8) is 0 Å². The van der Waals surface area contributed by atoms with Crippen molar-refractivity contribution in [1.29, 1.82) is 0 Å². The van der Waals surface area contributed by atoms with Crippen LogP contribution in [0.1, 0.15) is 142 Å². The van der Waals surface area contributed by atoms with Crippen molar-refractivity contribution in [3.8, 4) is 0 Å². The molecule has 0 spiro atoms. The number of carbonyl (C=O) groups excluding carboxylic acids is 3. The number of carboxylic acid groups (broad SMARTS) is 1. The number of Topliss-reactive ketones (excluding diaryl/α,β-unsaturated/α-hetero) is 1. The van der Waals surface area contributed by atoms with E-state index in [0.717, 1.165) is 31.1 Å². The second-order valence-corrected chi connectivity index (χ2v) is 19.7. The summed E-state index contributed by atoms with van der Waals surface area (Å²) < 4.78 is 25.0. The van der Waals surface area contributed by atoms with Gasteiger partial charge in [0.15, 0.2) is 5.78 Å². The molecule has 8 fully saturated rings. The Balaban J connectivity index is 0.000000246. The van der Waals surface area contributed by atoms with Crippen molar-refractivity contribution in [2.75, 3.05) is 0 Å². The molecule has 8 rings (SSSR count). The molecule has 0 aromatic rings. The zero-order valence-electron chi connectivity index (χ0n) is 37.5. The van der Waals surface area contributed by atoms with E-state index in [1.54, 1.807) is 13.8 Å². The summed E-state index contributed by atoms with van der Waals surface area (Å²) in [5.74, 6) is 1.50. The smallest absolute Gasteiger partial charge is 0.480 e. The van der Waals surface area contributed by atoms with Crippen LogP contribution in [0, 0.1) is 53.8 Å². The van der Waals surface area contributed by atoms with Crippen LogP contribution in [-0.2, 0) is 37.8 Å². The number of carbonyl (C=O) groups is 4. The van der Waals surface area contributed by atoms with Gasteiger partial charge < -0.3 is 47.5 Å². The fourth-order valence-electron chi connectivity index (χ4n) is 10.1. The number of carboxylic acids is 1. The molecule has 8 aliphatic rings. The second-order valence-electron chi connectivity index (χ2n) is 19.7. The molecule has 12 nitrogen and oxygen atoms in total. The predicted octanol–water partition coefficient (Wildman–Crippen LogP) is 5.57. The van der Waals surface area contributed by atoms with Gasteiger partial charge in [-0.3, -0.25) is 19.2 Å². The van der Waals surface area contributed by atoms with E-state index < -0.39 is 18.1 Å². The molecule has 6 aliphatic carbocycles. The number of amides is 2. The first-order chi connectivity index (χ1) is 25.3. The van der Waals surface area contributed by atoms with Crippen molar-refractivity contribution in [2.24, 2.45) is 46.3 Å². The number of hydrogen-bond donors (Lipinski definition) is 4. The Kier molecular flexibility index (Phi) is 15.6. The normalized spacial score (nSPS) is 35.6. The number of quaternary nitrogens is 1. The van der Waals surface area contributed by atoms with Crippen LogP contribution in [0.25, 0.3) is 0 Å². The molecule has 4 unspecified atom stereocenters. The molecule has 320 valence electrons. The molecular formula is C42H77B2N3O9. The second kappa shape index (κ2) is 18.1. The van der Waals surface area contributed by atoms with E-state index in [0.29, 0.717) is 35.2 Å². The molecule has 0 aromatic heterocycles. The summed E-state index contributed by atoms with van der Waals surface area (Å²) in [7, 11) is -0.429. The molecular weight excluding hydrogens is 712 g/mol. The van der Waals surface area contributed by atoms with Crippen LogP contribution >= 0.6 is 0 Å². The van der Waals surface area contributed by atoms with Gasteiger partial charge in [0.1, 0.15) is 12.0 Å². The number of nitrogens with one attached hydrogen (secondary N) is 2. The Hall–Kier alpha value is -1.99. The third kappa shape index (κ3) is 9.40. The molecule has 56 heavy (non-hydrogen) atoms. The Morgan fingerprint density at radius 2 is 1.09 bits per heavy atom. The van der Waals surface area contributed by atoms with Gasteiger partial charge in [0.05, 0.1) is 29.5 Å². The van der Waals surface area contributed by atoms with E-state index >= 15 is 0 Å². The van der Waals surface area contributed by atoms with Crippen LogP contribution in [0.4, 0.5) is 0 Å². The number of ketones is 1. The fraction of sp³-hybridized carbons (Fsp3) is 0.881. The van der Waals surface area contributed by atoms with E-state index in [1.807, 2.05) is 27.7 Å². The largest absolute Gasteiger partial charge is 0.521 e. The highest BCUT2D eigenvalue weighted by atomic mass is 16.7. The van der Waals surface area contributed by atoms with Gasteiger partial charge in [-0.05, 0) is 113 Å². The van der Waals surface area contributed by atoms with Crippen molar-refractivity contribution < 1.29 is 48.6 Å². The summed E-state index contributed by atoms with van der Waals surface area (Å²) in [6, 6.07) is -1.27. The lowest BCUT2D eigenvalue weighted by Gasteiger charge is -2.64. The van der Waals surface area contributed by atoms with Crippen LogP contribution in [0.2, 0.25) is 5.82 Å². The first-order valence-electron chi connectivity index (χ1n) is 21.2. The van der Waals surface area contributed by atoms with Crippen molar-refractivity contribution in [2.45, 2.75) is 189 Å². The molecule has 6 N–H and O–H groups in total. The average Bonchev–Trinajstić information content (AvgIpc) is 3.68. The summed E-state index contributed by atoms with van der Waals surface area (Å²) in [5.41, 5.74) is 4.49. The maximum atomic E-state index is 12.6. The van der Waals surface area contributed by atoms with Crippen LogP contribution < -0.4 is 16.4 Å². The lowest BCUT2D eigenvalue weighted by molar-refractivity contribution is -0.391. The zero-order chi connectivity index (χ0) is 41.6. The highest BCUT2D eigenvalue weighted by Gasteiger charge is 2.69. The van der Waals surface area contributed by atoms with Crippen molar-refractivity contribution in [3.05, 3.63) is 7.43 Å². The molecule has 6 saturated carbocycles. The zero-order valence-corrected chi connectivity index (χ0v) is 37.5. The summed E-state index contributed by atoms with van der Waals surface area (Å²) in [6.45, 7) is 28.7. The Bertz CT molecular complexity index is 1410. The molecule has 0 radical (unpaired) electrons. The van der Waals surface area contributed by atoms with Crippen molar-refractivity contribution in [1.82, 2.24) is 10.6 Å². The average molecular weight is 790 g/mol. The van der Waals surface area contributed by atoms with Crippen LogP contribution in [0.3, 0.4) is 0 Å². The summed E-state index contributed by atoms with van der Waals surface area (Å²) in [5, 5.41) is 13.7. The van der Waals surface area contributed by atoms with Gasteiger partial charge in [0.2, 0.25) is 11.8 Å². The molecule has 2 saturated heterocycles.